The van der Waals surface area contributed by atoms with Crippen molar-refractivity contribution in [1.82, 2.24) is 20.2 Å². The SMILES string of the molecule is C/C(=C\c1ccc2nccc(C(=O)NCC(=O)N3CC(F)(F)CC3C#N)c2c1)c1ccc(C)nc1. The Morgan fingerprint density at radius 2 is 2.06 bits per heavy atom. The molecular formula is C26H23F2N5O2. The maximum absolute atomic E-state index is 13.6. The van der Waals surface area contributed by atoms with Crippen molar-refractivity contribution < 1.29 is 18.4 Å². The van der Waals surface area contributed by atoms with E-state index < -0.39 is 43.3 Å². The van der Waals surface area contributed by atoms with Crippen molar-refractivity contribution in [2.75, 3.05) is 13.1 Å². The number of carbonyl (C=O) groups excluding carboxylic acids is 2. The molecule has 1 atom stereocenters. The molecule has 178 valence electrons. The van der Waals surface area contributed by atoms with Crippen molar-refractivity contribution in [2.45, 2.75) is 32.2 Å². The van der Waals surface area contributed by atoms with E-state index in [1.165, 1.54) is 12.3 Å². The van der Waals surface area contributed by atoms with Crippen LogP contribution in [0.25, 0.3) is 22.6 Å². The largest absolute Gasteiger partial charge is 0.343 e. The molecule has 1 aliphatic rings. The molecule has 4 rings (SSSR count). The predicted molar refractivity (Wildman–Crippen MR) is 127 cm³/mol. The summed E-state index contributed by atoms with van der Waals surface area (Å²) in [7, 11) is 0. The average Bonchev–Trinajstić information content (AvgIpc) is 3.17. The third-order valence-electron chi connectivity index (χ3n) is 5.90. The number of likely N-dealkylation sites (tertiary alicyclic amines) is 1. The Bertz CT molecular complexity index is 1360. The lowest BCUT2D eigenvalue weighted by molar-refractivity contribution is -0.131. The number of hydrogen-bond donors (Lipinski definition) is 1. The number of carbonyl (C=O) groups is 2. The topological polar surface area (TPSA) is 99.0 Å². The minimum absolute atomic E-state index is 0.302. The van der Waals surface area contributed by atoms with E-state index in [0.29, 0.717) is 16.5 Å². The van der Waals surface area contributed by atoms with Crippen molar-refractivity contribution in [2.24, 2.45) is 0 Å². The molecular weight excluding hydrogens is 452 g/mol. The van der Waals surface area contributed by atoms with Crippen LogP contribution in [0.2, 0.25) is 0 Å². The summed E-state index contributed by atoms with van der Waals surface area (Å²) in [6, 6.07) is 11.5. The van der Waals surface area contributed by atoms with Gasteiger partial charge in [-0.25, -0.2) is 8.78 Å². The van der Waals surface area contributed by atoms with E-state index in [2.05, 4.69) is 15.3 Å². The molecule has 0 spiro atoms. The zero-order chi connectivity index (χ0) is 25.2. The first kappa shape index (κ1) is 24.0. The van der Waals surface area contributed by atoms with Gasteiger partial charge in [0.15, 0.2) is 0 Å². The fourth-order valence-corrected chi connectivity index (χ4v) is 4.03. The molecule has 0 saturated carbocycles. The van der Waals surface area contributed by atoms with Gasteiger partial charge >= 0.3 is 0 Å². The second-order valence-corrected chi connectivity index (χ2v) is 8.56. The summed E-state index contributed by atoms with van der Waals surface area (Å²) >= 11 is 0. The van der Waals surface area contributed by atoms with Gasteiger partial charge < -0.3 is 10.2 Å². The second kappa shape index (κ2) is 9.58. The number of hydrogen-bond acceptors (Lipinski definition) is 5. The van der Waals surface area contributed by atoms with E-state index in [1.54, 1.807) is 18.3 Å². The van der Waals surface area contributed by atoms with E-state index >= 15 is 0 Å². The summed E-state index contributed by atoms with van der Waals surface area (Å²) in [5.74, 6) is -4.38. The molecule has 9 heteroatoms. The molecule has 0 radical (unpaired) electrons. The quantitative estimate of drug-likeness (QED) is 0.602. The van der Waals surface area contributed by atoms with Crippen molar-refractivity contribution >= 4 is 34.4 Å². The minimum Gasteiger partial charge on any atom is -0.343 e. The number of fused-ring (bicyclic) bond motifs is 1. The van der Waals surface area contributed by atoms with Gasteiger partial charge in [0.1, 0.15) is 6.04 Å². The van der Waals surface area contributed by atoms with E-state index in [0.717, 1.165) is 27.3 Å². The Balaban J connectivity index is 1.53. The number of nitrogens with one attached hydrogen (secondary N) is 1. The van der Waals surface area contributed by atoms with Gasteiger partial charge in [-0.1, -0.05) is 18.2 Å². The lowest BCUT2D eigenvalue weighted by Gasteiger charge is -2.19. The van der Waals surface area contributed by atoms with Crippen LogP contribution in [0, 0.1) is 18.3 Å². The van der Waals surface area contributed by atoms with Gasteiger partial charge in [0, 0.05) is 29.9 Å². The Hall–Kier alpha value is -4.19. The van der Waals surface area contributed by atoms with Crippen LogP contribution in [-0.4, -0.2) is 51.7 Å². The molecule has 1 N–H and O–H groups in total. The number of amides is 2. The third-order valence-corrected chi connectivity index (χ3v) is 5.90. The number of pyridine rings is 2. The number of halogens is 2. The number of nitriles is 1. The number of alkyl halides is 2. The van der Waals surface area contributed by atoms with Crippen LogP contribution in [-0.2, 0) is 4.79 Å². The monoisotopic (exact) mass is 475 g/mol. The zero-order valence-corrected chi connectivity index (χ0v) is 19.3. The highest BCUT2D eigenvalue weighted by Crippen LogP contribution is 2.31. The number of nitrogens with zero attached hydrogens (tertiary/aromatic N) is 4. The molecule has 1 saturated heterocycles. The maximum Gasteiger partial charge on any atom is 0.268 e. The molecule has 1 fully saturated rings. The minimum atomic E-state index is -3.11. The van der Waals surface area contributed by atoms with Crippen LogP contribution in [0.3, 0.4) is 0 Å². The molecule has 7 nitrogen and oxygen atoms in total. The summed E-state index contributed by atoms with van der Waals surface area (Å²) in [6.07, 6.45) is 4.56. The smallest absolute Gasteiger partial charge is 0.268 e. The number of allylic oxidation sites excluding steroid dienone is 1. The summed E-state index contributed by atoms with van der Waals surface area (Å²) in [4.78, 5) is 34.8. The molecule has 0 aliphatic carbocycles. The highest BCUT2D eigenvalue weighted by Gasteiger charge is 2.47. The zero-order valence-electron chi connectivity index (χ0n) is 19.3. The summed E-state index contributed by atoms with van der Waals surface area (Å²) in [5, 5.41) is 12.2. The number of aromatic nitrogens is 2. The average molecular weight is 475 g/mol. The normalized spacial score (nSPS) is 17.3. The Kier molecular flexibility index (Phi) is 6.56. The first-order chi connectivity index (χ1) is 16.7. The third kappa shape index (κ3) is 5.32. The van der Waals surface area contributed by atoms with E-state index in [9.17, 15) is 18.4 Å². The molecule has 0 bridgehead atoms. The van der Waals surface area contributed by atoms with Gasteiger partial charge in [-0.3, -0.25) is 19.6 Å². The van der Waals surface area contributed by atoms with Crippen molar-refractivity contribution in [1.29, 1.82) is 5.26 Å². The number of rotatable bonds is 5. The van der Waals surface area contributed by atoms with Crippen LogP contribution >= 0.6 is 0 Å². The fourth-order valence-electron chi connectivity index (χ4n) is 4.03. The van der Waals surface area contributed by atoms with Crippen molar-refractivity contribution in [3.8, 4) is 6.07 Å². The molecule has 3 heterocycles. The summed E-state index contributed by atoms with van der Waals surface area (Å²) < 4.78 is 27.3. The highest BCUT2D eigenvalue weighted by molar-refractivity contribution is 6.07. The van der Waals surface area contributed by atoms with Crippen LogP contribution in [0.1, 0.15) is 40.5 Å². The molecule has 2 amide bonds. The Morgan fingerprint density at radius 1 is 1.26 bits per heavy atom. The van der Waals surface area contributed by atoms with Gasteiger partial charge in [0.05, 0.1) is 30.2 Å². The number of aryl methyl sites for hydroxylation is 1. The molecule has 1 aliphatic heterocycles. The van der Waals surface area contributed by atoms with Crippen molar-refractivity contribution in [3.05, 3.63) is 71.2 Å². The van der Waals surface area contributed by atoms with E-state index in [-0.39, 0.29) is 0 Å². The summed E-state index contributed by atoms with van der Waals surface area (Å²) in [6.45, 7) is 2.57. The molecule has 3 aromatic rings. The summed E-state index contributed by atoms with van der Waals surface area (Å²) in [5.41, 5.74) is 4.64. The Labute approximate surface area is 201 Å². The van der Waals surface area contributed by atoms with Crippen LogP contribution < -0.4 is 5.32 Å². The van der Waals surface area contributed by atoms with Gasteiger partial charge in [-0.2, -0.15) is 5.26 Å². The Morgan fingerprint density at radius 3 is 2.77 bits per heavy atom. The standard InChI is InChI=1S/C26H23F2N5O2/c1-16(19-5-3-17(2)31-13-19)9-18-4-6-23-22(10-18)21(7-8-30-23)25(35)32-14-24(34)33-15-26(27,28)11-20(33)12-29/h3-10,13,20H,11,14-15H2,1-2H3,(H,32,35)/b16-9+. The van der Waals surface area contributed by atoms with E-state index in [4.69, 9.17) is 5.26 Å². The first-order valence-electron chi connectivity index (χ1n) is 11.0. The van der Waals surface area contributed by atoms with Crippen molar-refractivity contribution in [3.63, 3.8) is 0 Å². The van der Waals surface area contributed by atoms with E-state index in [1.807, 2.05) is 44.2 Å². The molecule has 1 unspecified atom stereocenters. The fraction of sp³-hybridized carbons (Fsp3) is 0.269. The van der Waals surface area contributed by atoms with Gasteiger partial charge in [0.2, 0.25) is 5.91 Å². The number of benzene rings is 1. The lowest BCUT2D eigenvalue weighted by Crippen LogP contribution is -2.43. The predicted octanol–water partition coefficient (Wildman–Crippen LogP) is 3.99. The van der Waals surface area contributed by atoms with Crippen LogP contribution in [0.4, 0.5) is 8.78 Å². The van der Waals surface area contributed by atoms with Gasteiger partial charge in [-0.05, 0) is 54.8 Å². The highest BCUT2D eigenvalue weighted by atomic mass is 19.3. The maximum atomic E-state index is 13.6. The lowest BCUT2D eigenvalue weighted by atomic mass is 10.0. The van der Waals surface area contributed by atoms with Crippen LogP contribution in [0.15, 0.2) is 48.8 Å². The molecule has 2 aromatic heterocycles. The van der Waals surface area contributed by atoms with Gasteiger partial charge in [-0.15, -0.1) is 0 Å². The first-order valence-corrected chi connectivity index (χ1v) is 11.0. The van der Waals surface area contributed by atoms with Gasteiger partial charge in [0.25, 0.3) is 11.8 Å². The molecule has 35 heavy (non-hydrogen) atoms. The molecule has 1 aromatic carbocycles. The second-order valence-electron chi connectivity index (χ2n) is 8.56. The van der Waals surface area contributed by atoms with Crippen LogP contribution in [0.5, 0.6) is 0 Å².